The lowest BCUT2D eigenvalue weighted by Crippen LogP contribution is -2.42. The first kappa shape index (κ1) is 16.0. The molecule has 3 rings (SSSR count). The van der Waals surface area contributed by atoms with Crippen LogP contribution in [0.4, 0.5) is 0 Å². The van der Waals surface area contributed by atoms with Crippen LogP contribution in [0.5, 0.6) is 0 Å². The summed E-state index contributed by atoms with van der Waals surface area (Å²) >= 11 is 0. The van der Waals surface area contributed by atoms with Crippen LogP contribution < -0.4 is 0 Å². The number of hydrogen-bond donors (Lipinski definition) is 0. The lowest BCUT2D eigenvalue weighted by molar-refractivity contribution is 0.257. The third-order valence-electron chi connectivity index (χ3n) is 5.08. The van der Waals surface area contributed by atoms with Gasteiger partial charge >= 0.3 is 0 Å². The molecule has 0 bridgehead atoms. The fourth-order valence-electron chi connectivity index (χ4n) is 3.58. The molecule has 1 aromatic carbocycles. The summed E-state index contributed by atoms with van der Waals surface area (Å²) in [4.78, 5) is 2.86. The Labute approximate surface area is 134 Å². The first-order valence-corrected chi connectivity index (χ1v) is 9.74. The molecule has 2 fully saturated rings. The minimum Gasteiger partial charge on any atom is -0.302 e. The third kappa shape index (κ3) is 3.07. The predicted molar refractivity (Wildman–Crippen MR) is 88.5 cm³/mol. The Morgan fingerprint density at radius 2 is 1.77 bits per heavy atom. The highest BCUT2D eigenvalue weighted by molar-refractivity contribution is 7.89. The van der Waals surface area contributed by atoms with Crippen LogP contribution in [0.1, 0.15) is 36.8 Å². The van der Waals surface area contributed by atoms with E-state index in [1.165, 1.54) is 12.8 Å². The van der Waals surface area contributed by atoms with E-state index in [4.69, 9.17) is 0 Å². The van der Waals surface area contributed by atoms with Gasteiger partial charge in [0, 0.05) is 19.1 Å². The quantitative estimate of drug-likeness (QED) is 0.855. The molecule has 2 aliphatic rings. The molecule has 0 aliphatic carbocycles. The standard InChI is InChI=1S/C17H26N2O2S/c1-14-7-8-17(12-15(14)2)22(20,21)19-11-5-6-16(19)13-18-9-3-4-10-18/h7-8,12,16H,3-6,9-11,13H2,1-2H3. The van der Waals surface area contributed by atoms with Crippen LogP contribution in [0.15, 0.2) is 23.1 Å². The summed E-state index contributed by atoms with van der Waals surface area (Å²) in [6.45, 7) is 7.78. The molecule has 22 heavy (non-hydrogen) atoms. The van der Waals surface area contributed by atoms with Gasteiger partial charge in [0.15, 0.2) is 0 Å². The molecule has 2 heterocycles. The smallest absolute Gasteiger partial charge is 0.243 e. The van der Waals surface area contributed by atoms with E-state index in [2.05, 4.69) is 4.90 Å². The summed E-state index contributed by atoms with van der Waals surface area (Å²) in [5, 5.41) is 0. The monoisotopic (exact) mass is 322 g/mol. The van der Waals surface area contributed by atoms with Gasteiger partial charge in [-0.3, -0.25) is 0 Å². The zero-order valence-electron chi connectivity index (χ0n) is 13.6. The van der Waals surface area contributed by atoms with Gasteiger partial charge in [0.05, 0.1) is 4.90 Å². The second kappa shape index (κ2) is 6.30. The van der Waals surface area contributed by atoms with Gasteiger partial charge in [0.2, 0.25) is 10.0 Å². The van der Waals surface area contributed by atoms with E-state index in [1.807, 2.05) is 26.0 Å². The minimum absolute atomic E-state index is 0.143. The van der Waals surface area contributed by atoms with Crippen molar-refractivity contribution in [3.05, 3.63) is 29.3 Å². The summed E-state index contributed by atoms with van der Waals surface area (Å²) < 4.78 is 27.7. The topological polar surface area (TPSA) is 40.6 Å². The van der Waals surface area contributed by atoms with Gasteiger partial charge in [-0.05, 0) is 75.9 Å². The molecule has 4 nitrogen and oxygen atoms in total. The summed E-state index contributed by atoms with van der Waals surface area (Å²) in [5.41, 5.74) is 2.17. The highest BCUT2D eigenvalue weighted by Gasteiger charge is 2.36. The van der Waals surface area contributed by atoms with Crippen molar-refractivity contribution >= 4 is 10.0 Å². The van der Waals surface area contributed by atoms with Gasteiger partial charge in [-0.15, -0.1) is 0 Å². The van der Waals surface area contributed by atoms with Gasteiger partial charge in [0.25, 0.3) is 0 Å². The molecular weight excluding hydrogens is 296 g/mol. The highest BCUT2D eigenvalue weighted by atomic mass is 32.2. The average Bonchev–Trinajstić information content (AvgIpc) is 3.14. The Morgan fingerprint density at radius 3 is 2.45 bits per heavy atom. The Morgan fingerprint density at radius 1 is 1.05 bits per heavy atom. The van der Waals surface area contributed by atoms with Crippen molar-refractivity contribution in [3.63, 3.8) is 0 Å². The molecule has 0 N–H and O–H groups in total. The summed E-state index contributed by atoms with van der Waals surface area (Å²) in [5.74, 6) is 0. The molecule has 0 spiro atoms. The summed E-state index contributed by atoms with van der Waals surface area (Å²) in [7, 11) is -3.36. The molecule has 1 unspecified atom stereocenters. The Hall–Kier alpha value is -0.910. The van der Waals surface area contributed by atoms with Gasteiger partial charge < -0.3 is 4.90 Å². The van der Waals surface area contributed by atoms with Crippen molar-refractivity contribution < 1.29 is 8.42 Å². The molecule has 1 aromatic rings. The number of sulfonamides is 1. The van der Waals surface area contributed by atoms with Crippen molar-refractivity contribution in [3.8, 4) is 0 Å². The number of hydrogen-bond acceptors (Lipinski definition) is 3. The van der Waals surface area contributed by atoms with Crippen LogP contribution in [0.3, 0.4) is 0 Å². The first-order chi connectivity index (χ1) is 10.5. The molecule has 0 radical (unpaired) electrons. The Bertz CT molecular complexity index is 636. The lowest BCUT2D eigenvalue weighted by Gasteiger charge is -2.28. The fraction of sp³-hybridized carbons (Fsp3) is 0.647. The van der Waals surface area contributed by atoms with E-state index in [-0.39, 0.29) is 6.04 Å². The van der Waals surface area contributed by atoms with Crippen molar-refractivity contribution in [2.45, 2.75) is 50.5 Å². The first-order valence-electron chi connectivity index (χ1n) is 8.30. The van der Waals surface area contributed by atoms with Crippen molar-refractivity contribution in [1.82, 2.24) is 9.21 Å². The summed E-state index contributed by atoms with van der Waals surface area (Å²) in [6.07, 6.45) is 4.45. The fourth-order valence-corrected chi connectivity index (χ4v) is 5.35. The van der Waals surface area contributed by atoms with Crippen LogP contribution in [0.2, 0.25) is 0 Å². The van der Waals surface area contributed by atoms with Crippen molar-refractivity contribution in [1.29, 1.82) is 0 Å². The van der Waals surface area contributed by atoms with E-state index in [9.17, 15) is 8.42 Å². The van der Waals surface area contributed by atoms with Gasteiger partial charge in [-0.1, -0.05) is 6.07 Å². The van der Waals surface area contributed by atoms with Crippen LogP contribution in [-0.4, -0.2) is 49.8 Å². The van der Waals surface area contributed by atoms with Gasteiger partial charge in [-0.25, -0.2) is 8.42 Å². The van der Waals surface area contributed by atoms with Gasteiger partial charge in [-0.2, -0.15) is 4.31 Å². The van der Waals surface area contributed by atoms with Crippen molar-refractivity contribution in [2.75, 3.05) is 26.2 Å². The maximum atomic E-state index is 13.0. The third-order valence-corrected chi connectivity index (χ3v) is 7.02. The predicted octanol–water partition coefficient (Wildman–Crippen LogP) is 2.55. The maximum Gasteiger partial charge on any atom is 0.243 e. The largest absolute Gasteiger partial charge is 0.302 e. The number of aryl methyl sites for hydroxylation is 2. The van der Waals surface area contributed by atoms with E-state index >= 15 is 0 Å². The molecule has 0 amide bonds. The van der Waals surface area contributed by atoms with Crippen LogP contribution in [0.25, 0.3) is 0 Å². The molecule has 2 saturated heterocycles. The zero-order chi connectivity index (χ0) is 15.7. The molecule has 122 valence electrons. The maximum absolute atomic E-state index is 13.0. The van der Waals surface area contributed by atoms with E-state index in [0.717, 1.165) is 43.6 Å². The van der Waals surface area contributed by atoms with E-state index < -0.39 is 10.0 Å². The SMILES string of the molecule is Cc1ccc(S(=O)(=O)N2CCCC2CN2CCCC2)cc1C. The second-order valence-corrected chi connectivity index (χ2v) is 8.56. The van der Waals surface area contributed by atoms with Crippen molar-refractivity contribution in [2.24, 2.45) is 0 Å². The van der Waals surface area contributed by atoms with Crippen LogP contribution in [-0.2, 0) is 10.0 Å². The lowest BCUT2D eigenvalue weighted by atomic mass is 10.1. The van der Waals surface area contributed by atoms with Crippen LogP contribution in [0, 0.1) is 13.8 Å². The Balaban J connectivity index is 1.81. The number of likely N-dealkylation sites (tertiary alicyclic amines) is 1. The number of nitrogens with zero attached hydrogens (tertiary/aromatic N) is 2. The molecular formula is C17H26N2O2S. The van der Waals surface area contributed by atoms with Crippen LogP contribution >= 0.6 is 0 Å². The average molecular weight is 322 g/mol. The molecule has 0 aromatic heterocycles. The van der Waals surface area contributed by atoms with Gasteiger partial charge in [0.1, 0.15) is 0 Å². The van der Waals surface area contributed by atoms with E-state index in [0.29, 0.717) is 11.4 Å². The number of benzene rings is 1. The second-order valence-electron chi connectivity index (χ2n) is 6.67. The molecule has 0 saturated carbocycles. The molecule has 2 aliphatic heterocycles. The molecule has 5 heteroatoms. The summed E-state index contributed by atoms with van der Waals surface area (Å²) in [6, 6.07) is 5.62. The molecule has 1 atom stereocenters. The van der Waals surface area contributed by atoms with E-state index in [1.54, 1.807) is 10.4 Å². The highest BCUT2D eigenvalue weighted by Crippen LogP contribution is 2.28. The normalized spacial score (nSPS) is 24.2. The zero-order valence-corrected chi connectivity index (χ0v) is 14.4. The number of rotatable bonds is 4. The minimum atomic E-state index is -3.36. The Kier molecular flexibility index (Phi) is 4.57.